The molecule has 5 nitrogen and oxygen atoms in total. The van der Waals surface area contributed by atoms with E-state index < -0.39 is 0 Å². The molecule has 0 aliphatic heterocycles. The molecule has 1 aromatic rings. The zero-order chi connectivity index (χ0) is 11.8. The predicted molar refractivity (Wildman–Crippen MR) is 63.3 cm³/mol. The van der Waals surface area contributed by atoms with Gasteiger partial charge < -0.3 is 21.4 Å². The van der Waals surface area contributed by atoms with Crippen LogP contribution in [0.15, 0.2) is 12.4 Å². The third-order valence-corrected chi connectivity index (χ3v) is 1.88. The van der Waals surface area contributed by atoms with Crippen molar-refractivity contribution in [1.29, 1.82) is 0 Å². The van der Waals surface area contributed by atoms with Gasteiger partial charge in [0.1, 0.15) is 5.82 Å². The maximum atomic E-state index is 5.60. The van der Waals surface area contributed by atoms with E-state index in [0.29, 0.717) is 0 Å². The molecule has 2 unspecified atom stereocenters. The standard InChI is InChI=1S/C7H13N3.C3H10N2/c1-6(8)5-7-9-3-4-10(7)2;1-3(4)5-2/h3-4,6H,5,8H2,1-2H3;3,5H,4H2,1-2H3. The summed E-state index contributed by atoms with van der Waals surface area (Å²) in [6.45, 7) is 3.87. The zero-order valence-corrected chi connectivity index (χ0v) is 10.1. The highest BCUT2D eigenvalue weighted by Crippen LogP contribution is 1.96. The summed E-state index contributed by atoms with van der Waals surface area (Å²) < 4.78 is 1.99. The van der Waals surface area contributed by atoms with Gasteiger partial charge in [-0.2, -0.15) is 0 Å². The third kappa shape index (κ3) is 7.07. The van der Waals surface area contributed by atoms with Crippen molar-refractivity contribution in [3.05, 3.63) is 18.2 Å². The van der Waals surface area contributed by atoms with Gasteiger partial charge in [-0.15, -0.1) is 0 Å². The summed E-state index contributed by atoms with van der Waals surface area (Å²) >= 11 is 0. The van der Waals surface area contributed by atoms with Crippen molar-refractivity contribution in [2.75, 3.05) is 7.05 Å². The van der Waals surface area contributed by atoms with Crippen molar-refractivity contribution in [3.8, 4) is 0 Å². The monoisotopic (exact) mass is 213 g/mol. The molecule has 15 heavy (non-hydrogen) atoms. The third-order valence-electron chi connectivity index (χ3n) is 1.88. The lowest BCUT2D eigenvalue weighted by molar-refractivity contribution is 0.639. The molecular weight excluding hydrogens is 190 g/mol. The summed E-state index contributed by atoms with van der Waals surface area (Å²) in [7, 11) is 3.80. The van der Waals surface area contributed by atoms with E-state index in [9.17, 15) is 0 Å². The Hall–Kier alpha value is -0.910. The van der Waals surface area contributed by atoms with Crippen molar-refractivity contribution < 1.29 is 0 Å². The number of imidazole rings is 1. The topological polar surface area (TPSA) is 81.9 Å². The Labute approximate surface area is 91.9 Å². The Kier molecular flexibility index (Phi) is 6.94. The van der Waals surface area contributed by atoms with Gasteiger partial charge in [-0.1, -0.05) is 0 Å². The summed E-state index contributed by atoms with van der Waals surface area (Å²) in [5.41, 5.74) is 10.8. The molecule has 0 fully saturated rings. The predicted octanol–water partition coefficient (Wildman–Crippen LogP) is -0.180. The van der Waals surface area contributed by atoms with Gasteiger partial charge in [-0.25, -0.2) is 4.98 Å². The Bertz CT molecular complexity index is 254. The minimum atomic E-state index is 0.134. The quantitative estimate of drug-likeness (QED) is 0.608. The molecule has 0 radical (unpaired) electrons. The first-order valence-corrected chi connectivity index (χ1v) is 5.12. The number of hydrogen-bond donors (Lipinski definition) is 3. The number of nitrogens with zero attached hydrogens (tertiary/aromatic N) is 2. The molecular formula is C10H23N5. The van der Waals surface area contributed by atoms with Crippen LogP contribution in [-0.2, 0) is 13.5 Å². The average molecular weight is 213 g/mol. The number of aryl methyl sites for hydroxylation is 1. The molecule has 1 rings (SSSR count). The molecule has 0 aliphatic carbocycles. The lowest BCUT2D eigenvalue weighted by atomic mass is 10.2. The van der Waals surface area contributed by atoms with E-state index in [1.807, 2.05) is 38.7 Å². The van der Waals surface area contributed by atoms with E-state index in [2.05, 4.69) is 10.3 Å². The Morgan fingerprint density at radius 3 is 2.27 bits per heavy atom. The van der Waals surface area contributed by atoms with Crippen LogP contribution >= 0.6 is 0 Å². The number of rotatable bonds is 3. The minimum absolute atomic E-state index is 0.134. The molecule has 2 atom stereocenters. The minimum Gasteiger partial charge on any atom is -0.338 e. The molecule has 0 saturated heterocycles. The van der Waals surface area contributed by atoms with Crippen LogP contribution in [-0.4, -0.2) is 28.8 Å². The van der Waals surface area contributed by atoms with E-state index in [1.165, 1.54) is 0 Å². The summed E-state index contributed by atoms with van der Waals surface area (Å²) in [5.74, 6) is 1.05. The molecule has 0 amide bonds. The summed E-state index contributed by atoms with van der Waals surface area (Å²) in [6.07, 6.45) is 4.70. The van der Waals surface area contributed by atoms with Crippen LogP contribution in [0.1, 0.15) is 19.7 Å². The van der Waals surface area contributed by atoms with Crippen molar-refractivity contribution >= 4 is 0 Å². The molecule has 0 aromatic carbocycles. The van der Waals surface area contributed by atoms with Crippen LogP contribution in [0.4, 0.5) is 0 Å². The fraction of sp³-hybridized carbons (Fsp3) is 0.700. The smallest absolute Gasteiger partial charge is 0.109 e. The molecule has 5 heteroatoms. The highest BCUT2D eigenvalue weighted by atomic mass is 15.0. The van der Waals surface area contributed by atoms with Gasteiger partial charge in [0.25, 0.3) is 0 Å². The van der Waals surface area contributed by atoms with Crippen LogP contribution in [0.5, 0.6) is 0 Å². The number of nitrogens with one attached hydrogen (secondary N) is 1. The molecule has 88 valence electrons. The van der Waals surface area contributed by atoms with Crippen molar-refractivity contribution in [3.63, 3.8) is 0 Å². The van der Waals surface area contributed by atoms with Gasteiger partial charge >= 0.3 is 0 Å². The molecule has 0 saturated carbocycles. The second-order valence-corrected chi connectivity index (χ2v) is 3.71. The maximum Gasteiger partial charge on any atom is 0.109 e. The fourth-order valence-electron chi connectivity index (χ4n) is 0.881. The Morgan fingerprint density at radius 2 is 2.00 bits per heavy atom. The van der Waals surface area contributed by atoms with Crippen LogP contribution in [0.25, 0.3) is 0 Å². The molecule has 1 heterocycles. The van der Waals surface area contributed by atoms with Crippen molar-refractivity contribution in [2.45, 2.75) is 32.5 Å². The number of aromatic nitrogens is 2. The average Bonchev–Trinajstić information content (AvgIpc) is 2.52. The van der Waals surface area contributed by atoms with Gasteiger partial charge in [0, 0.05) is 31.9 Å². The van der Waals surface area contributed by atoms with Gasteiger partial charge in [-0.3, -0.25) is 0 Å². The molecule has 5 N–H and O–H groups in total. The highest BCUT2D eigenvalue weighted by Gasteiger charge is 2.00. The van der Waals surface area contributed by atoms with Gasteiger partial charge in [0.2, 0.25) is 0 Å². The van der Waals surface area contributed by atoms with E-state index >= 15 is 0 Å². The maximum absolute atomic E-state index is 5.60. The first-order valence-electron chi connectivity index (χ1n) is 5.12. The van der Waals surface area contributed by atoms with E-state index in [-0.39, 0.29) is 12.2 Å². The molecule has 0 bridgehead atoms. The first-order chi connectivity index (χ1) is 6.97. The number of hydrogen-bond acceptors (Lipinski definition) is 4. The van der Waals surface area contributed by atoms with Crippen molar-refractivity contribution in [2.24, 2.45) is 18.5 Å². The first kappa shape index (κ1) is 14.1. The summed E-state index contributed by atoms with van der Waals surface area (Å²) in [5, 5.41) is 2.81. The van der Waals surface area contributed by atoms with E-state index in [0.717, 1.165) is 12.2 Å². The lowest BCUT2D eigenvalue weighted by Crippen LogP contribution is -2.30. The van der Waals surface area contributed by atoms with E-state index in [1.54, 1.807) is 6.20 Å². The van der Waals surface area contributed by atoms with Crippen LogP contribution in [0.3, 0.4) is 0 Å². The Morgan fingerprint density at radius 1 is 1.47 bits per heavy atom. The molecule has 0 spiro atoms. The number of nitrogens with two attached hydrogens (primary N) is 2. The molecule has 1 aromatic heterocycles. The second kappa shape index (κ2) is 7.39. The molecule has 0 aliphatic rings. The second-order valence-electron chi connectivity index (χ2n) is 3.71. The summed E-state index contributed by atoms with van der Waals surface area (Å²) in [4.78, 5) is 4.14. The highest BCUT2D eigenvalue weighted by molar-refractivity contribution is 4.92. The van der Waals surface area contributed by atoms with Crippen LogP contribution in [0.2, 0.25) is 0 Å². The Balaban J connectivity index is 0.000000336. The van der Waals surface area contributed by atoms with Crippen molar-refractivity contribution in [1.82, 2.24) is 14.9 Å². The van der Waals surface area contributed by atoms with Crippen LogP contribution in [0, 0.1) is 0 Å². The fourth-order valence-corrected chi connectivity index (χ4v) is 0.881. The van der Waals surface area contributed by atoms with E-state index in [4.69, 9.17) is 11.5 Å². The summed E-state index contributed by atoms with van der Waals surface area (Å²) in [6, 6.07) is 0.195. The van der Waals surface area contributed by atoms with Gasteiger partial charge in [0.15, 0.2) is 0 Å². The SMILES string of the molecule is CC(N)Cc1nccn1C.CNC(C)N. The van der Waals surface area contributed by atoms with Gasteiger partial charge in [-0.05, 0) is 20.9 Å². The largest absolute Gasteiger partial charge is 0.338 e. The normalized spacial score (nSPS) is 14.0. The lowest BCUT2D eigenvalue weighted by Gasteiger charge is -2.03. The van der Waals surface area contributed by atoms with Crippen LogP contribution < -0.4 is 16.8 Å². The van der Waals surface area contributed by atoms with Gasteiger partial charge in [0.05, 0.1) is 6.17 Å². The zero-order valence-electron chi connectivity index (χ0n) is 10.1.